The van der Waals surface area contributed by atoms with E-state index in [9.17, 15) is 19.2 Å². The molecule has 2 amide bonds. The fourth-order valence-electron chi connectivity index (χ4n) is 4.27. The zero-order chi connectivity index (χ0) is 24.4. The molecule has 10 nitrogen and oxygen atoms in total. The number of benzene rings is 1. The Bertz CT molecular complexity index is 1330. The molecule has 3 aromatic rings. The lowest BCUT2D eigenvalue weighted by Gasteiger charge is -2.28. The predicted molar refractivity (Wildman–Crippen MR) is 123 cm³/mol. The highest BCUT2D eigenvalue weighted by Crippen LogP contribution is 2.37. The molecule has 0 saturated carbocycles. The molecule has 176 valence electrons. The number of fused-ring (bicyclic) bond motifs is 3. The monoisotopic (exact) mass is 464 g/mol. The van der Waals surface area contributed by atoms with Crippen molar-refractivity contribution >= 4 is 45.6 Å². The Morgan fingerprint density at radius 3 is 2.74 bits per heavy atom. The van der Waals surface area contributed by atoms with Crippen LogP contribution in [0.5, 0.6) is 0 Å². The van der Waals surface area contributed by atoms with Crippen molar-refractivity contribution in [2.45, 2.75) is 19.5 Å². The van der Waals surface area contributed by atoms with Gasteiger partial charge in [0.05, 0.1) is 24.9 Å². The maximum Gasteiger partial charge on any atom is 0.356 e. The van der Waals surface area contributed by atoms with E-state index >= 15 is 0 Å². The number of carbonyl (C=O) groups excluding carboxylic acids is 4. The second-order valence-corrected chi connectivity index (χ2v) is 7.64. The second kappa shape index (κ2) is 9.34. The van der Waals surface area contributed by atoms with Crippen LogP contribution in [0.3, 0.4) is 0 Å². The van der Waals surface area contributed by atoms with E-state index in [0.29, 0.717) is 10.9 Å². The van der Waals surface area contributed by atoms with Crippen LogP contribution in [0.25, 0.3) is 21.8 Å². The zero-order valence-electron chi connectivity index (χ0n) is 18.9. The summed E-state index contributed by atoms with van der Waals surface area (Å²) in [6.07, 6.45) is 1.50. The minimum absolute atomic E-state index is 0.00370. The average molecular weight is 464 g/mol. The van der Waals surface area contributed by atoms with E-state index in [1.807, 2.05) is 24.3 Å². The van der Waals surface area contributed by atoms with Crippen LogP contribution in [0, 0.1) is 0 Å². The van der Waals surface area contributed by atoms with Crippen molar-refractivity contribution < 1.29 is 28.7 Å². The summed E-state index contributed by atoms with van der Waals surface area (Å²) < 4.78 is 11.6. The quantitative estimate of drug-likeness (QED) is 0.418. The van der Waals surface area contributed by atoms with E-state index in [2.05, 4.69) is 16.9 Å². The number of hydrogen-bond acceptors (Lipinski definition) is 7. The Balaban J connectivity index is 1.97. The van der Waals surface area contributed by atoms with Gasteiger partial charge in [0.2, 0.25) is 11.8 Å². The van der Waals surface area contributed by atoms with Crippen LogP contribution >= 0.6 is 0 Å². The summed E-state index contributed by atoms with van der Waals surface area (Å²) in [4.78, 5) is 56.9. The summed E-state index contributed by atoms with van der Waals surface area (Å²) in [5.41, 5.74) is 1.54. The highest BCUT2D eigenvalue weighted by atomic mass is 16.5. The molecule has 0 bridgehead atoms. The van der Waals surface area contributed by atoms with Crippen molar-refractivity contribution in [3.8, 4) is 0 Å². The number of nitrogens with zero attached hydrogens (tertiary/aromatic N) is 3. The van der Waals surface area contributed by atoms with Crippen LogP contribution in [0.2, 0.25) is 0 Å². The van der Waals surface area contributed by atoms with Gasteiger partial charge >= 0.3 is 11.9 Å². The van der Waals surface area contributed by atoms with Gasteiger partial charge in [-0.05, 0) is 19.1 Å². The van der Waals surface area contributed by atoms with Crippen LogP contribution in [0.1, 0.15) is 29.1 Å². The topological polar surface area (TPSA) is 120 Å². The first-order chi connectivity index (χ1) is 16.4. The van der Waals surface area contributed by atoms with Crippen LogP contribution in [0.4, 0.5) is 0 Å². The first kappa shape index (κ1) is 23.0. The summed E-state index contributed by atoms with van der Waals surface area (Å²) in [5.74, 6) is -2.25. The first-order valence-electron chi connectivity index (χ1n) is 10.7. The molecule has 4 rings (SSSR count). The Morgan fingerprint density at radius 2 is 2.03 bits per heavy atom. The molecule has 1 N–H and O–H groups in total. The van der Waals surface area contributed by atoms with E-state index in [4.69, 9.17) is 9.47 Å². The summed E-state index contributed by atoms with van der Waals surface area (Å²) in [7, 11) is 1.24. The summed E-state index contributed by atoms with van der Waals surface area (Å²) in [6.45, 7) is 5.19. The number of rotatable bonds is 7. The number of esters is 2. The number of aromatic nitrogens is 2. The van der Waals surface area contributed by atoms with Crippen molar-refractivity contribution in [2.75, 3.05) is 26.8 Å². The van der Waals surface area contributed by atoms with Crippen molar-refractivity contribution in [2.24, 2.45) is 0 Å². The molecule has 0 saturated heterocycles. The highest BCUT2D eigenvalue weighted by molar-refractivity contribution is 6.12. The van der Waals surface area contributed by atoms with Gasteiger partial charge in [-0.1, -0.05) is 24.3 Å². The molecule has 0 aliphatic carbocycles. The third-order valence-corrected chi connectivity index (χ3v) is 5.64. The van der Waals surface area contributed by atoms with Gasteiger partial charge < -0.3 is 24.3 Å². The molecule has 1 aliphatic heterocycles. The van der Waals surface area contributed by atoms with Crippen molar-refractivity contribution in [1.29, 1.82) is 0 Å². The lowest BCUT2D eigenvalue weighted by atomic mass is 10.1. The summed E-state index contributed by atoms with van der Waals surface area (Å²) in [5, 5.41) is 4.01. The molecule has 34 heavy (non-hydrogen) atoms. The predicted octanol–water partition coefficient (Wildman–Crippen LogP) is 1.72. The maximum atomic E-state index is 13.4. The molecule has 0 radical (unpaired) electrons. The maximum absolute atomic E-state index is 13.4. The lowest BCUT2D eigenvalue weighted by Crippen LogP contribution is -2.45. The molecular formula is C24H24N4O6. The molecule has 0 spiro atoms. The van der Waals surface area contributed by atoms with Gasteiger partial charge in [-0.15, -0.1) is 6.58 Å². The summed E-state index contributed by atoms with van der Waals surface area (Å²) in [6, 6.07) is 7.83. The van der Waals surface area contributed by atoms with Crippen LogP contribution in [-0.4, -0.2) is 65.0 Å². The van der Waals surface area contributed by atoms with Gasteiger partial charge in [-0.3, -0.25) is 14.4 Å². The van der Waals surface area contributed by atoms with Gasteiger partial charge in [0, 0.05) is 22.8 Å². The van der Waals surface area contributed by atoms with Crippen molar-refractivity contribution in [1.82, 2.24) is 19.8 Å². The number of pyridine rings is 1. The molecule has 0 fully saturated rings. The number of amides is 2. The Kier molecular flexibility index (Phi) is 6.31. The van der Waals surface area contributed by atoms with Gasteiger partial charge in [0.1, 0.15) is 18.8 Å². The number of ether oxygens (including phenoxy) is 2. The molecule has 1 unspecified atom stereocenters. The van der Waals surface area contributed by atoms with E-state index in [1.165, 1.54) is 18.1 Å². The number of nitrogens with one attached hydrogen (secondary N) is 1. The van der Waals surface area contributed by atoms with E-state index < -0.39 is 23.9 Å². The minimum Gasteiger partial charge on any atom is -0.465 e. The number of hydrogen-bond donors (Lipinski definition) is 1. The number of methoxy groups -OCH3 is 1. The fourth-order valence-corrected chi connectivity index (χ4v) is 4.27. The lowest BCUT2D eigenvalue weighted by molar-refractivity contribution is -0.145. The van der Waals surface area contributed by atoms with E-state index in [-0.39, 0.29) is 43.5 Å². The van der Waals surface area contributed by atoms with E-state index in [0.717, 1.165) is 10.9 Å². The molecule has 10 heteroatoms. The molecule has 2 aromatic heterocycles. The molecule has 1 aromatic carbocycles. The van der Waals surface area contributed by atoms with Gasteiger partial charge in [-0.25, -0.2) is 9.78 Å². The van der Waals surface area contributed by atoms with Crippen molar-refractivity contribution in [3.05, 3.63) is 54.4 Å². The Labute approximate surface area is 195 Å². The first-order valence-corrected chi connectivity index (χ1v) is 10.7. The molecule has 1 atom stereocenters. The van der Waals surface area contributed by atoms with Gasteiger partial charge in [0.25, 0.3) is 0 Å². The number of carbonyl (C=O) groups is 4. The SMILES string of the molecule is C=CCN1C(=O)Cn2c3ccccc3c3cc(C(=O)OC)nc(c32)C1C(=O)NCC(=O)OCC. The number of para-hydroxylation sites is 1. The normalized spacial score (nSPS) is 15.2. The van der Waals surface area contributed by atoms with Crippen molar-refractivity contribution in [3.63, 3.8) is 0 Å². The standard InChI is InChI=1S/C24H24N4O6/c1-4-10-27-18(29)13-28-17-9-7-6-8-14(17)15-11-16(24(32)33-3)26-20(21(15)28)22(27)23(31)25-12-19(30)34-5-2/h4,6-9,11,22H,1,5,10,12-13H2,2-3H3,(H,25,31). The van der Waals surface area contributed by atoms with Gasteiger partial charge in [0.15, 0.2) is 6.04 Å². The van der Waals surface area contributed by atoms with Crippen LogP contribution < -0.4 is 5.32 Å². The second-order valence-electron chi connectivity index (χ2n) is 7.64. The van der Waals surface area contributed by atoms with E-state index in [1.54, 1.807) is 17.6 Å². The summed E-state index contributed by atoms with van der Waals surface area (Å²) >= 11 is 0. The Hall–Kier alpha value is -4.21. The molecule has 3 heterocycles. The third kappa shape index (κ3) is 3.87. The zero-order valence-corrected chi connectivity index (χ0v) is 18.9. The smallest absolute Gasteiger partial charge is 0.356 e. The molecule has 1 aliphatic rings. The van der Waals surface area contributed by atoms with Crippen LogP contribution in [-0.2, 0) is 30.4 Å². The third-order valence-electron chi connectivity index (χ3n) is 5.64. The molecular weight excluding hydrogens is 440 g/mol. The van der Waals surface area contributed by atoms with Crippen LogP contribution in [0.15, 0.2) is 43.0 Å². The van der Waals surface area contributed by atoms with Gasteiger partial charge in [-0.2, -0.15) is 0 Å². The largest absolute Gasteiger partial charge is 0.465 e. The fraction of sp³-hybridized carbons (Fsp3) is 0.292. The Morgan fingerprint density at radius 1 is 1.26 bits per heavy atom. The average Bonchev–Trinajstić information content (AvgIpc) is 3.08. The minimum atomic E-state index is -1.21. The highest BCUT2D eigenvalue weighted by Gasteiger charge is 2.38.